The van der Waals surface area contributed by atoms with E-state index in [9.17, 15) is 0 Å². The van der Waals surface area contributed by atoms with E-state index in [0.717, 1.165) is 24.0 Å². The standard InChI is InChI=1S/C18H15IN2/c19-12-8-10-13(11-9-12)20-18-14-4-1-2-6-16(14)21-17-7-3-5-15(17)18/h1-2,4,6,8-11H,3,5,7H2,(H,20,21). The van der Waals surface area contributed by atoms with E-state index in [-0.39, 0.29) is 0 Å². The van der Waals surface area contributed by atoms with Crippen LogP contribution in [0.25, 0.3) is 10.9 Å². The van der Waals surface area contributed by atoms with E-state index >= 15 is 0 Å². The number of fused-ring (bicyclic) bond motifs is 2. The van der Waals surface area contributed by atoms with Gasteiger partial charge in [-0.25, -0.2) is 0 Å². The van der Waals surface area contributed by atoms with Gasteiger partial charge >= 0.3 is 0 Å². The van der Waals surface area contributed by atoms with Gasteiger partial charge in [0.15, 0.2) is 0 Å². The lowest BCUT2D eigenvalue weighted by atomic mass is 10.1. The second-order valence-electron chi connectivity index (χ2n) is 5.41. The molecule has 0 bridgehead atoms. The molecule has 1 aromatic heterocycles. The first-order valence-electron chi connectivity index (χ1n) is 7.24. The summed E-state index contributed by atoms with van der Waals surface area (Å²) in [4.78, 5) is 4.83. The highest BCUT2D eigenvalue weighted by atomic mass is 127. The van der Waals surface area contributed by atoms with Crippen LogP contribution in [0, 0.1) is 3.57 Å². The molecule has 2 nitrogen and oxygen atoms in total. The molecule has 1 heterocycles. The molecule has 0 saturated carbocycles. The minimum absolute atomic E-state index is 1.09. The molecule has 0 amide bonds. The fourth-order valence-corrected chi connectivity index (χ4v) is 3.39. The smallest absolute Gasteiger partial charge is 0.0726 e. The number of nitrogens with one attached hydrogen (secondary N) is 1. The van der Waals surface area contributed by atoms with E-state index < -0.39 is 0 Å². The van der Waals surface area contributed by atoms with E-state index in [0.29, 0.717) is 0 Å². The summed E-state index contributed by atoms with van der Waals surface area (Å²) in [5.74, 6) is 0. The maximum Gasteiger partial charge on any atom is 0.0726 e. The Morgan fingerprint density at radius 2 is 1.76 bits per heavy atom. The molecular weight excluding hydrogens is 371 g/mol. The van der Waals surface area contributed by atoms with Crippen LogP contribution in [0.2, 0.25) is 0 Å². The highest BCUT2D eigenvalue weighted by molar-refractivity contribution is 14.1. The van der Waals surface area contributed by atoms with Crippen LogP contribution in [0.1, 0.15) is 17.7 Å². The van der Waals surface area contributed by atoms with Gasteiger partial charge in [-0.05, 0) is 77.7 Å². The molecule has 3 aromatic rings. The number of hydrogen-bond donors (Lipinski definition) is 1. The van der Waals surface area contributed by atoms with E-state index in [1.807, 2.05) is 0 Å². The monoisotopic (exact) mass is 386 g/mol. The van der Waals surface area contributed by atoms with Crippen LogP contribution in [0.4, 0.5) is 11.4 Å². The molecular formula is C18H15IN2. The number of pyridine rings is 1. The second-order valence-corrected chi connectivity index (χ2v) is 6.66. The Bertz CT molecular complexity index is 809. The van der Waals surface area contributed by atoms with Crippen molar-refractivity contribution in [1.82, 2.24) is 4.98 Å². The van der Waals surface area contributed by atoms with Crippen LogP contribution in [-0.4, -0.2) is 4.98 Å². The van der Waals surface area contributed by atoms with Crippen LogP contribution in [0.15, 0.2) is 48.5 Å². The van der Waals surface area contributed by atoms with Gasteiger partial charge in [-0.1, -0.05) is 18.2 Å². The number of anilines is 2. The Hall–Kier alpha value is -1.62. The summed E-state index contributed by atoms with van der Waals surface area (Å²) in [6, 6.07) is 17.0. The van der Waals surface area contributed by atoms with E-state index in [4.69, 9.17) is 4.98 Å². The molecule has 1 aliphatic carbocycles. The Morgan fingerprint density at radius 3 is 2.62 bits per heavy atom. The topological polar surface area (TPSA) is 24.9 Å². The average molecular weight is 386 g/mol. The highest BCUT2D eigenvalue weighted by Gasteiger charge is 2.19. The number of aromatic nitrogens is 1. The van der Waals surface area contributed by atoms with Crippen molar-refractivity contribution in [1.29, 1.82) is 0 Å². The minimum Gasteiger partial charge on any atom is -0.355 e. The molecule has 0 spiro atoms. The Balaban J connectivity index is 1.88. The fourth-order valence-electron chi connectivity index (χ4n) is 3.03. The van der Waals surface area contributed by atoms with E-state index in [2.05, 4.69) is 76.4 Å². The Morgan fingerprint density at radius 1 is 0.952 bits per heavy atom. The SMILES string of the molecule is Ic1ccc(Nc2c3c(nc4ccccc24)CCC3)cc1. The molecule has 104 valence electrons. The first kappa shape index (κ1) is 13.1. The van der Waals surface area contributed by atoms with Crippen LogP contribution >= 0.6 is 22.6 Å². The molecule has 3 heteroatoms. The summed E-state index contributed by atoms with van der Waals surface area (Å²) >= 11 is 2.33. The van der Waals surface area contributed by atoms with E-state index in [1.165, 1.54) is 32.3 Å². The van der Waals surface area contributed by atoms with Gasteiger partial charge in [0, 0.05) is 20.3 Å². The third-order valence-corrected chi connectivity index (χ3v) is 4.75. The highest BCUT2D eigenvalue weighted by Crippen LogP contribution is 2.35. The third kappa shape index (κ3) is 2.39. The maximum atomic E-state index is 4.83. The summed E-state index contributed by atoms with van der Waals surface area (Å²) in [6.07, 6.45) is 3.43. The predicted molar refractivity (Wildman–Crippen MR) is 96.2 cm³/mol. The zero-order chi connectivity index (χ0) is 14.2. The summed E-state index contributed by atoms with van der Waals surface area (Å²) in [6.45, 7) is 0. The molecule has 21 heavy (non-hydrogen) atoms. The Kier molecular flexibility index (Phi) is 3.30. The molecule has 1 N–H and O–H groups in total. The van der Waals surface area contributed by atoms with Gasteiger partial charge in [0.25, 0.3) is 0 Å². The minimum atomic E-state index is 1.09. The average Bonchev–Trinajstić information content (AvgIpc) is 2.97. The van der Waals surface area contributed by atoms with Gasteiger partial charge in [0.2, 0.25) is 0 Å². The first-order valence-corrected chi connectivity index (χ1v) is 8.32. The zero-order valence-corrected chi connectivity index (χ0v) is 13.7. The number of benzene rings is 2. The van der Waals surface area contributed by atoms with Crippen molar-refractivity contribution < 1.29 is 0 Å². The molecule has 1 aliphatic rings. The van der Waals surface area contributed by atoms with Crippen molar-refractivity contribution in [2.45, 2.75) is 19.3 Å². The maximum absolute atomic E-state index is 4.83. The van der Waals surface area contributed by atoms with Gasteiger partial charge < -0.3 is 5.32 Å². The van der Waals surface area contributed by atoms with Crippen molar-refractivity contribution in [3.63, 3.8) is 0 Å². The van der Waals surface area contributed by atoms with Crippen molar-refractivity contribution in [3.05, 3.63) is 63.4 Å². The largest absolute Gasteiger partial charge is 0.355 e. The lowest BCUT2D eigenvalue weighted by Gasteiger charge is -2.14. The number of para-hydroxylation sites is 1. The first-order chi connectivity index (χ1) is 10.3. The normalized spacial score (nSPS) is 13.4. The molecule has 0 saturated heterocycles. The predicted octanol–water partition coefficient (Wildman–Crippen LogP) is 5.07. The van der Waals surface area contributed by atoms with Gasteiger partial charge in [-0.3, -0.25) is 4.98 Å². The second kappa shape index (κ2) is 5.30. The zero-order valence-electron chi connectivity index (χ0n) is 11.6. The molecule has 0 unspecified atom stereocenters. The number of rotatable bonds is 2. The quantitative estimate of drug-likeness (QED) is 0.622. The summed E-state index contributed by atoms with van der Waals surface area (Å²) in [7, 11) is 0. The lowest BCUT2D eigenvalue weighted by molar-refractivity contribution is 0.901. The summed E-state index contributed by atoms with van der Waals surface area (Å²) in [5.41, 5.74) is 6.13. The number of aryl methyl sites for hydroxylation is 1. The molecule has 4 rings (SSSR count). The number of halogens is 1. The Labute approximate surface area is 137 Å². The van der Waals surface area contributed by atoms with Crippen molar-refractivity contribution in [2.24, 2.45) is 0 Å². The van der Waals surface area contributed by atoms with Crippen molar-refractivity contribution in [2.75, 3.05) is 5.32 Å². The molecule has 2 aromatic carbocycles. The van der Waals surface area contributed by atoms with Gasteiger partial charge in [0.1, 0.15) is 0 Å². The lowest BCUT2D eigenvalue weighted by Crippen LogP contribution is -1.99. The van der Waals surface area contributed by atoms with Gasteiger partial charge in [-0.2, -0.15) is 0 Å². The van der Waals surface area contributed by atoms with E-state index in [1.54, 1.807) is 0 Å². The summed E-state index contributed by atoms with van der Waals surface area (Å²) in [5, 5.41) is 4.85. The van der Waals surface area contributed by atoms with Crippen molar-refractivity contribution >= 4 is 44.9 Å². The van der Waals surface area contributed by atoms with Crippen LogP contribution < -0.4 is 5.32 Å². The molecule has 0 aliphatic heterocycles. The molecule has 0 radical (unpaired) electrons. The summed E-state index contributed by atoms with van der Waals surface area (Å²) < 4.78 is 1.25. The van der Waals surface area contributed by atoms with Crippen LogP contribution in [0.3, 0.4) is 0 Å². The fraction of sp³-hybridized carbons (Fsp3) is 0.167. The number of hydrogen-bond acceptors (Lipinski definition) is 2. The van der Waals surface area contributed by atoms with Gasteiger partial charge in [0.05, 0.1) is 11.2 Å². The molecule has 0 fully saturated rings. The number of nitrogens with zero attached hydrogens (tertiary/aromatic N) is 1. The van der Waals surface area contributed by atoms with Crippen LogP contribution in [0.5, 0.6) is 0 Å². The molecule has 0 atom stereocenters. The third-order valence-electron chi connectivity index (χ3n) is 4.03. The van der Waals surface area contributed by atoms with Gasteiger partial charge in [-0.15, -0.1) is 0 Å². The van der Waals surface area contributed by atoms with Crippen molar-refractivity contribution in [3.8, 4) is 0 Å². The van der Waals surface area contributed by atoms with Crippen LogP contribution in [-0.2, 0) is 12.8 Å².